The minimum Gasteiger partial charge on any atom is -0.387 e. The molecule has 2 aliphatic heterocycles. The van der Waals surface area contributed by atoms with Gasteiger partial charge in [0.25, 0.3) is 17.7 Å². The molecule has 12 nitrogen and oxygen atoms in total. The van der Waals surface area contributed by atoms with Gasteiger partial charge in [-0.15, -0.1) is 0 Å². The first-order chi connectivity index (χ1) is 27.8. The van der Waals surface area contributed by atoms with E-state index >= 15 is 4.39 Å². The third kappa shape index (κ3) is 8.65. The molecule has 3 aliphatic rings. The second-order valence-electron chi connectivity index (χ2n) is 15.0. The maximum absolute atomic E-state index is 15.4. The van der Waals surface area contributed by atoms with Crippen LogP contribution in [0.5, 0.6) is 0 Å². The smallest absolute Gasteiger partial charge is 0.387 e. The van der Waals surface area contributed by atoms with Gasteiger partial charge in [-0.25, -0.2) is 4.39 Å². The van der Waals surface area contributed by atoms with E-state index in [1.165, 1.54) is 29.3 Å². The van der Waals surface area contributed by atoms with Gasteiger partial charge in [0.1, 0.15) is 11.9 Å². The van der Waals surface area contributed by atoms with Crippen molar-refractivity contribution in [2.24, 2.45) is 0 Å². The van der Waals surface area contributed by atoms with Gasteiger partial charge in [0.15, 0.2) is 0 Å². The summed E-state index contributed by atoms with van der Waals surface area (Å²) in [4.78, 5) is 72.9. The van der Waals surface area contributed by atoms with Crippen LogP contribution >= 0.6 is 0 Å². The van der Waals surface area contributed by atoms with Gasteiger partial charge in [-0.05, 0) is 80.0 Å². The van der Waals surface area contributed by atoms with E-state index in [-0.39, 0.29) is 70.5 Å². The number of nitrogens with one attached hydrogen (secondary N) is 4. The molecule has 304 valence electrons. The number of pyridine rings is 2. The summed E-state index contributed by atoms with van der Waals surface area (Å²) in [7, 11) is 1.55. The molecule has 0 spiro atoms. The van der Waals surface area contributed by atoms with Crippen LogP contribution in [0.4, 0.5) is 23.2 Å². The molecule has 1 atom stereocenters. The molecule has 1 aliphatic carbocycles. The number of aromatic nitrogens is 2. The van der Waals surface area contributed by atoms with Crippen LogP contribution in [0.25, 0.3) is 22.0 Å². The van der Waals surface area contributed by atoms with Gasteiger partial charge >= 0.3 is 6.18 Å². The van der Waals surface area contributed by atoms with Crippen LogP contribution in [-0.2, 0) is 28.7 Å². The van der Waals surface area contributed by atoms with Gasteiger partial charge in [-0.1, -0.05) is 31.7 Å². The van der Waals surface area contributed by atoms with E-state index in [1.54, 1.807) is 19.3 Å². The molecule has 2 aromatic heterocycles. The van der Waals surface area contributed by atoms with Gasteiger partial charge in [-0.2, -0.15) is 13.2 Å². The Morgan fingerprint density at radius 2 is 1.66 bits per heavy atom. The number of hydrogen-bond acceptors (Lipinski definition) is 8. The van der Waals surface area contributed by atoms with Gasteiger partial charge in [0, 0.05) is 67.2 Å². The van der Waals surface area contributed by atoms with Crippen molar-refractivity contribution in [2.75, 3.05) is 18.9 Å². The predicted molar refractivity (Wildman–Crippen MR) is 206 cm³/mol. The summed E-state index contributed by atoms with van der Waals surface area (Å²) in [5, 5.41) is 11.0. The molecule has 58 heavy (non-hydrogen) atoms. The maximum atomic E-state index is 15.4. The van der Waals surface area contributed by atoms with Crippen molar-refractivity contribution >= 4 is 46.1 Å². The molecule has 1 unspecified atom stereocenters. The van der Waals surface area contributed by atoms with Crippen LogP contribution in [-0.4, -0.2) is 70.1 Å². The first kappa shape index (κ1) is 40.3. The Labute approximate surface area is 331 Å². The van der Waals surface area contributed by atoms with E-state index in [1.807, 2.05) is 0 Å². The maximum Gasteiger partial charge on any atom is 0.417 e. The Morgan fingerprint density at radius 1 is 0.897 bits per heavy atom. The van der Waals surface area contributed by atoms with Crippen molar-refractivity contribution in [3.05, 3.63) is 88.1 Å². The van der Waals surface area contributed by atoms with Crippen LogP contribution in [0.1, 0.15) is 112 Å². The topological polar surface area (TPSA) is 162 Å². The molecule has 2 fully saturated rings. The van der Waals surface area contributed by atoms with E-state index in [0.29, 0.717) is 30.5 Å². The van der Waals surface area contributed by atoms with E-state index in [4.69, 9.17) is 0 Å². The monoisotopic (exact) mass is 801 g/mol. The predicted octanol–water partition coefficient (Wildman–Crippen LogP) is 6.46. The number of aryl methyl sites for hydroxylation is 1. The van der Waals surface area contributed by atoms with Gasteiger partial charge < -0.3 is 20.9 Å². The van der Waals surface area contributed by atoms with Gasteiger partial charge in [0.2, 0.25) is 11.8 Å². The largest absolute Gasteiger partial charge is 0.417 e. The summed E-state index contributed by atoms with van der Waals surface area (Å²) in [6.07, 6.45) is 5.94. The Morgan fingerprint density at radius 3 is 2.36 bits per heavy atom. The van der Waals surface area contributed by atoms with Crippen molar-refractivity contribution in [1.29, 1.82) is 0 Å². The Kier molecular flexibility index (Phi) is 11.7. The zero-order valence-corrected chi connectivity index (χ0v) is 31.9. The number of unbranched alkanes of at least 4 members (excludes halogenated alkanes) is 5. The summed E-state index contributed by atoms with van der Waals surface area (Å²) >= 11 is 0. The molecular weight excluding hydrogens is 758 g/mol. The number of amides is 5. The number of alkyl halides is 3. The molecule has 1 saturated carbocycles. The first-order valence-corrected chi connectivity index (χ1v) is 19.6. The van der Waals surface area contributed by atoms with Crippen molar-refractivity contribution in [2.45, 2.75) is 95.4 Å². The van der Waals surface area contributed by atoms with Crippen LogP contribution in [0.3, 0.4) is 0 Å². The highest BCUT2D eigenvalue weighted by molar-refractivity contribution is 6.08. The molecule has 4 heterocycles. The minimum atomic E-state index is -4.80. The average Bonchev–Trinajstić information content (AvgIpc) is 3.95. The van der Waals surface area contributed by atoms with Crippen LogP contribution in [0.2, 0.25) is 0 Å². The lowest BCUT2D eigenvalue weighted by molar-refractivity contribution is -0.138. The van der Waals surface area contributed by atoms with Crippen molar-refractivity contribution in [3.63, 3.8) is 0 Å². The number of hydrogen-bond donors (Lipinski definition) is 4. The highest BCUT2D eigenvalue weighted by Gasteiger charge is 2.40. The fraction of sp³-hybridized carbons (Fsp3) is 0.405. The number of fused-ring (bicyclic) bond motifs is 2. The standard InChI is InChI=1S/C42H43F4N7O5/c1-47-37-28-19-27(31(42(44,45)46)20-34(28)50-21-29(37)39(56)51-24-10-11-24)23-9-12-26(32(43)18-23)38(55)49-16-7-5-3-2-4-6-8-33-30-22-53(41(58)25(30)15-17-48-33)35-13-14-36(54)52-40(35)57/h9,12,15,17-21,24,35H,2-8,10-11,13-14,16,22H2,1H3,(H,47,50)(H,49,55)(H,51,56)(H,52,54,57). The van der Waals surface area contributed by atoms with E-state index in [2.05, 4.69) is 31.2 Å². The number of carbonyl (C=O) groups is 5. The Balaban J connectivity index is 0.895. The number of halogens is 4. The lowest BCUT2D eigenvalue weighted by Crippen LogP contribution is -2.52. The summed E-state index contributed by atoms with van der Waals surface area (Å²) in [6, 6.07) is 6.51. The first-order valence-electron chi connectivity index (χ1n) is 19.6. The number of imide groups is 1. The lowest BCUT2D eigenvalue weighted by Gasteiger charge is -2.29. The van der Waals surface area contributed by atoms with E-state index in [9.17, 15) is 37.1 Å². The minimum absolute atomic E-state index is 0.00701. The number of anilines is 1. The SMILES string of the molecule is CNc1c(C(=O)NC2CC2)cnc2cc(C(F)(F)F)c(-c3ccc(C(=O)NCCCCCCCCc4nccc5c4CN(C4CCC(=O)NC4=O)C5=O)c(F)c3)cc12. The fourth-order valence-electron chi connectivity index (χ4n) is 7.69. The van der Waals surface area contributed by atoms with Crippen LogP contribution in [0, 0.1) is 5.82 Å². The summed E-state index contributed by atoms with van der Waals surface area (Å²) in [5.41, 5.74) is 0.932. The highest BCUT2D eigenvalue weighted by Crippen LogP contribution is 2.41. The molecule has 4 aromatic rings. The van der Waals surface area contributed by atoms with Gasteiger partial charge in [0.05, 0.1) is 27.9 Å². The third-order valence-electron chi connectivity index (χ3n) is 10.9. The van der Waals surface area contributed by atoms with E-state index < -0.39 is 41.3 Å². The second kappa shape index (κ2) is 16.9. The molecule has 7 rings (SSSR count). The molecule has 4 N–H and O–H groups in total. The molecule has 0 radical (unpaired) electrons. The van der Waals surface area contributed by atoms with E-state index in [0.717, 1.165) is 68.3 Å². The Bertz CT molecular complexity index is 2290. The number of benzene rings is 2. The summed E-state index contributed by atoms with van der Waals surface area (Å²) in [6.45, 7) is 0.572. The average molecular weight is 802 g/mol. The highest BCUT2D eigenvalue weighted by atomic mass is 19.4. The number of nitrogens with zero attached hydrogens (tertiary/aromatic N) is 3. The lowest BCUT2D eigenvalue weighted by atomic mass is 9.94. The zero-order chi connectivity index (χ0) is 41.1. The molecule has 2 aromatic carbocycles. The molecule has 16 heteroatoms. The quantitative estimate of drug-likeness (QED) is 0.0605. The van der Waals surface area contributed by atoms with Crippen LogP contribution in [0.15, 0.2) is 48.8 Å². The van der Waals surface area contributed by atoms with Gasteiger partial charge in [-0.3, -0.25) is 39.3 Å². The summed E-state index contributed by atoms with van der Waals surface area (Å²) < 4.78 is 58.3. The number of carbonyl (C=O) groups excluding carboxylic acids is 5. The van der Waals surface area contributed by atoms with Crippen LogP contribution < -0.4 is 21.3 Å². The fourth-order valence-corrected chi connectivity index (χ4v) is 7.69. The second-order valence-corrected chi connectivity index (χ2v) is 15.0. The Hall–Kier alpha value is -5.93. The molecule has 1 saturated heterocycles. The number of rotatable bonds is 15. The summed E-state index contributed by atoms with van der Waals surface area (Å²) in [5.74, 6) is -3.06. The molecular formula is C42H43F4N7O5. The number of piperidine rings is 1. The van der Waals surface area contributed by atoms with Crippen molar-refractivity contribution in [3.8, 4) is 11.1 Å². The zero-order valence-electron chi connectivity index (χ0n) is 31.9. The van der Waals surface area contributed by atoms with Crippen molar-refractivity contribution < 1.29 is 41.5 Å². The molecule has 0 bridgehead atoms. The van der Waals surface area contributed by atoms with Crippen molar-refractivity contribution in [1.82, 2.24) is 30.8 Å². The molecule has 5 amide bonds. The third-order valence-corrected chi connectivity index (χ3v) is 10.9. The normalized spacial score (nSPS) is 16.7.